The number of non-ortho nitro benzene ring substituents is 1. The van der Waals surface area contributed by atoms with Crippen LogP contribution in [0.25, 0.3) is 0 Å². The molecule has 0 aliphatic carbocycles. The number of nitro groups is 1. The van der Waals surface area contributed by atoms with Crippen LogP contribution in [0.3, 0.4) is 0 Å². The molecule has 0 spiro atoms. The van der Waals surface area contributed by atoms with Crippen LogP contribution in [0, 0.1) is 15.9 Å². The van der Waals surface area contributed by atoms with Gasteiger partial charge in [0.15, 0.2) is 0 Å². The number of carbonyl (C=O) groups excluding carboxylic acids is 1. The first kappa shape index (κ1) is 17.7. The summed E-state index contributed by atoms with van der Waals surface area (Å²) in [5, 5.41) is 16.1. The van der Waals surface area contributed by atoms with E-state index in [1.54, 1.807) is 27.7 Å². The summed E-state index contributed by atoms with van der Waals surface area (Å²) in [6, 6.07) is 2.95. The Bertz CT molecular complexity index is 558. The fraction of sp³-hybridized carbons (Fsp3) is 0.500. The van der Waals surface area contributed by atoms with Crippen molar-refractivity contribution in [3.8, 4) is 0 Å². The number of nitro benzene ring substituents is 1. The van der Waals surface area contributed by atoms with Crippen molar-refractivity contribution in [2.75, 3.05) is 11.9 Å². The van der Waals surface area contributed by atoms with E-state index in [1.165, 1.54) is 6.07 Å². The molecule has 0 fully saturated rings. The van der Waals surface area contributed by atoms with Crippen LogP contribution in [0.5, 0.6) is 0 Å². The molecule has 1 atom stereocenters. The molecule has 122 valence electrons. The fourth-order valence-electron chi connectivity index (χ4n) is 1.65. The van der Waals surface area contributed by atoms with Crippen LogP contribution in [-0.2, 0) is 4.74 Å². The number of ether oxygens (including phenoxy) is 1. The average molecular weight is 313 g/mol. The second kappa shape index (κ2) is 7.06. The van der Waals surface area contributed by atoms with Crippen molar-refractivity contribution in [1.82, 2.24) is 5.32 Å². The summed E-state index contributed by atoms with van der Waals surface area (Å²) < 4.78 is 18.4. The van der Waals surface area contributed by atoms with Gasteiger partial charge < -0.3 is 15.4 Å². The number of alkyl carbamates (subject to hydrolysis) is 1. The van der Waals surface area contributed by atoms with E-state index in [9.17, 15) is 19.3 Å². The van der Waals surface area contributed by atoms with E-state index in [0.717, 1.165) is 12.1 Å². The van der Waals surface area contributed by atoms with Crippen LogP contribution in [0.1, 0.15) is 27.7 Å². The van der Waals surface area contributed by atoms with E-state index < -0.39 is 22.4 Å². The van der Waals surface area contributed by atoms with E-state index >= 15 is 0 Å². The predicted octanol–water partition coefficient (Wildman–Crippen LogP) is 3.06. The third-order valence-electron chi connectivity index (χ3n) is 2.46. The number of hydrogen-bond donors (Lipinski definition) is 2. The van der Waals surface area contributed by atoms with E-state index in [4.69, 9.17) is 4.74 Å². The summed E-state index contributed by atoms with van der Waals surface area (Å²) >= 11 is 0. The zero-order valence-electron chi connectivity index (χ0n) is 13.0. The first-order valence-corrected chi connectivity index (χ1v) is 6.75. The SMILES string of the molecule is CC(CNC(=O)OC(C)(C)C)Nc1cc(F)cc([N+](=O)[O-])c1. The lowest BCUT2D eigenvalue weighted by atomic mass is 10.2. The number of anilines is 1. The molecule has 1 unspecified atom stereocenters. The van der Waals surface area contributed by atoms with Crippen molar-refractivity contribution in [3.05, 3.63) is 34.1 Å². The van der Waals surface area contributed by atoms with Gasteiger partial charge in [-0.25, -0.2) is 9.18 Å². The van der Waals surface area contributed by atoms with Gasteiger partial charge in [0.2, 0.25) is 0 Å². The lowest BCUT2D eigenvalue weighted by Crippen LogP contribution is -2.38. The number of rotatable bonds is 5. The molecule has 1 aromatic carbocycles. The highest BCUT2D eigenvalue weighted by Gasteiger charge is 2.17. The fourth-order valence-corrected chi connectivity index (χ4v) is 1.65. The molecular weight excluding hydrogens is 293 g/mol. The second-order valence-electron chi connectivity index (χ2n) is 5.88. The van der Waals surface area contributed by atoms with Crippen molar-refractivity contribution < 1.29 is 18.8 Å². The standard InChI is InChI=1S/C14H20FN3O4/c1-9(8-16-13(19)22-14(2,3)4)17-11-5-10(15)6-12(7-11)18(20)21/h5-7,9,17H,8H2,1-4H3,(H,16,19). The van der Waals surface area contributed by atoms with Crippen LogP contribution in [0.4, 0.5) is 20.6 Å². The second-order valence-corrected chi connectivity index (χ2v) is 5.88. The van der Waals surface area contributed by atoms with Crippen LogP contribution in [0.2, 0.25) is 0 Å². The highest BCUT2D eigenvalue weighted by molar-refractivity contribution is 5.67. The zero-order chi connectivity index (χ0) is 16.9. The Morgan fingerprint density at radius 2 is 2.05 bits per heavy atom. The molecule has 2 N–H and O–H groups in total. The lowest BCUT2D eigenvalue weighted by Gasteiger charge is -2.21. The van der Waals surface area contributed by atoms with Crippen LogP contribution < -0.4 is 10.6 Å². The summed E-state index contributed by atoms with van der Waals surface area (Å²) in [5.41, 5.74) is -0.663. The largest absolute Gasteiger partial charge is 0.444 e. The number of halogens is 1. The Morgan fingerprint density at radius 3 is 2.59 bits per heavy atom. The molecule has 0 bridgehead atoms. The molecule has 22 heavy (non-hydrogen) atoms. The van der Waals surface area contributed by atoms with Gasteiger partial charge in [-0.15, -0.1) is 0 Å². The Labute approximate surface area is 128 Å². The summed E-state index contributed by atoms with van der Waals surface area (Å²) in [4.78, 5) is 21.5. The molecule has 0 saturated carbocycles. The van der Waals surface area contributed by atoms with Gasteiger partial charge in [0.05, 0.1) is 11.0 Å². The highest BCUT2D eigenvalue weighted by atomic mass is 19.1. The van der Waals surface area contributed by atoms with Gasteiger partial charge in [0.25, 0.3) is 5.69 Å². The van der Waals surface area contributed by atoms with Crippen LogP contribution in [0.15, 0.2) is 18.2 Å². The van der Waals surface area contributed by atoms with Crippen molar-refractivity contribution in [3.63, 3.8) is 0 Å². The smallest absolute Gasteiger partial charge is 0.407 e. The number of carbonyl (C=O) groups is 1. The lowest BCUT2D eigenvalue weighted by molar-refractivity contribution is -0.385. The van der Waals surface area contributed by atoms with Crippen LogP contribution >= 0.6 is 0 Å². The number of amides is 1. The predicted molar refractivity (Wildman–Crippen MR) is 80.4 cm³/mol. The molecule has 0 aromatic heterocycles. The molecule has 8 heteroatoms. The van der Waals surface area contributed by atoms with Crippen molar-refractivity contribution in [1.29, 1.82) is 0 Å². The minimum atomic E-state index is -0.705. The van der Waals surface area contributed by atoms with Gasteiger partial charge in [-0.3, -0.25) is 10.1 Å². The van der Waals surface area contributed by atoms with E-state index in [2.05, 4.69) is 10.6 Å². The minimum absolute atomic E-state index is 0.221. The topological polar surface area (TPSA) is 93.5 Å². The summed E-state index contributed by atoms with van der Waals surface area (Å²) in [6.45, 7) is 7.22. The van der Waals surface area contributed by atoms with E-state index in [-0.39, 0.29) is 24.0 Å². The number of benzene rings is 1. The van der Waals surface area contributed by atoms with Gasteiger partial charge in [0.1, 0.15) is 11.4 Å². The zero-order valence-corrected chi connectivity index (χ0v) is 13.0. The van der Waals surface area contributed by atoms with Gasteiger partial charge >= 0.3 is 6.09 Å². The van der Waals surface area contributed by atoms with E-state index in [1.807, 2.05) is 0 Å². The average Bonchev–Trinajstić information content (AvgIpc) is 2.33. The van der Waals surface area contributed by atoms with Crippen molar-refractivity contribution in [2.45, 2.75) is 39.3 Å². The maximum absolute atomic E-state index is 13.3. The Kier molecular flexibility index (Phi) is 5.67. The quantitative estimate of drug-likeness (QED) is 0.643. The maximum Gasteiger partial charge on any atom is 0.407 e. The molecule has 0 heterocycles. The Balaban J connectivity index is 2.57. The number of nitrogens with one attached hydrogen (secondary N) is 2. The summed E-state index contributed by atoms with van der Waals surface area (Å²) in [5.74, 6) is -0.705. The molecule has 1 amide bonds. The van der Waals surface area contributed by atoms with Gasteiger partial charge in [-0.2, -0.15) is 0 Å². The molecule has 1 rings (SSSR count). The van der Waals surface area contributed by atoms with E-state index in [0.29, 0.717) is 0 Å². The number of hydrogen-bond acceptors (Lipinski definition) is 5. The maximum atomic E-state index is 13.3. The molecule has 7 nitrogen and oxygen atoms in total. The van der Waals surface area contributed by atoms with Gasteiger partial charge in [-0.1, -0.05) is 0 Å². The normalized spacial score (nSPS) is 12.4. The molecule has 0 aliphatic heterocycles. The molecule has 0 radical (unpaired) electrons. The third kappa shape index (κ3) is 6.38. The van der Waals surface area contributed by atoms with Gasteiger partial charge in [0, 0.05) is 24.3 Å². The Hall–Kier alpha value is -2.38. The van der Waals surface area contributed by atoms with Crippen molar-refractivity contribution in [2.24, 2.45) is 0 Å². The van der Waals surface area contributed by atoms with Crippen molar-refractivity contribution >= 4 is 17.5 Å². The summed E-state index contributed by atoms with van der Waals surface area (Å²) in [7, 11) is 0. The number of nitrogens with zero attached hydrogens (tertiary/aromatic N) is 1. The molecule has 0 aliphatic rings. The molecule has 0 saturated heterocycles. The molecular formula is C14H20FN3O4. The molecule has 1 aromatic rings. The first-order chi connectivity index (χ1) is 10.1. The Morgan fingerprint density at radius 1 is 1.41 bits per heavy atom. The highest BCUT2D eigenvalue weighted by Crippen LogP contribution is 2.20. The minimum Gasteiger partial charge on any atom is -0.444 e. The monoisotopic (exact) mass is 313 g/mol. The summed E-state index contributed by atoms with van der Waals surface area (Å²) in [6.07, 6.45) is -0.564. The first-order valence-electron chi connectivity index (χ1n) is 6.75. The van der Waals surface area contributed by atoms with Crippen LogP contribution in [-0.4, -0.2) is 29.2 Å². The van der Waals surface area contributed by atoms with Gasteiger partial charge in [-0.05, 0) is 33.8 Å². The third-order valence-corrected chi connectivity index (χ3v) is 2.46.